The molecule has 0 saturated carbocycles. The third-order valence-corrected chi connectivity index (χ3v) is 7.23. The van der Waals surface area contributed by atoms with Crippen LogP contribution in [0.3, 0.4) is 0 Å². The van der Waals surface area contributed by atoms with Gasteiger partial charge in [0.1, 0.15) is 0 Å². The molecular weight excluding hydrogens is 495 g/mol. The van der Waals surface area contributed by atoms with E-state index in [1.54, 1.807) is 54.6 Å². The standard InChI is InChI=1S/C33H48N2O3.Na/c1-2-3-4-5-6-7-8-9-10-11-12-13-14-15-22-27-30(36)33(34,31(37)28-23-18-16-19-24-28)32(38)35-29-25-20-17-21-26-29;/h16-21,23-26H,2-15,22,27,34H2,1H3,(H,35,38);. The van der Waals surface area contributed by atoms with E-state index in [1.165, 1.54) is 70.6 Å². The minimum atomic E-state index is -2.26. The van der Waals surface area contributed by atoms with Gasteiger partial charge < -0.3 is 11.1 Å². The summed E-state index contributed by atoms with van der Waals surface area (Å²) < 4.78 is 0. The molecule has 3 N–H and O–H groups in total. The number of benzene rings is 2. The van der Waals surface area contributed by atoms with E-state index in [2.05, 4.69) is 12.2 Å². The Kier molecular flexibility index (Phi) is 19.0. The van der Waals surface area contributed by atoms with E-state index < -0.39 is 23.0 Å². The fraction of sp³-hybridized carbons (Fsp3) is 0.545. The number of rotatable bonds is 21. The van der Waals surface area contributed by atoms with Crippen LogP contribution in [0.5, 0.6) is 0 Å². The van der Waals surface area contributed by atoms with Crippen LogP contribution in [0.15, 0.2) is 60.7 Å². The average molecular weight is 544 g/mol. The SMILES string of the molecule is CCCCCCCCCCCCCCCCCC(=O)C(N)(C(=O)Nc1ccccc1)C(=O)c1ccccc1.[Na]. The van der Waals surface area contributed by atoms with Gasteiger partial charge in [0.05, 0.1) is 0 Å². The molecule has 0 saturated heterocycles. The number of anilines is 1. The summed E-state index contributed by atoms with van der Waals surface area (Å²) >= 11 is 0. The van der Waals surface area contributed by atoms with Crippen molar-refractivity contribution in [3.63, 3.8) is 0 Å². The Hall–Kier alpha value is -1.79. The van der Waals surface area contributed by atoms with Crippen molar-refractivity contribution in [1.82, 2.24) is 0 Å². The van der Waals surface area contributed by atoms with Crippen LogP contribution in [-0.2, 0) is 9.59 Å². The monoisotopic (exact) mass is 543 g/mol. The molecule has 1 amide bonds. The molecule has 0 aliphatic heterocycles. The molecular formula is C33H48N2NaO3. The van der Waals surface area contributed by atoms with Crippen molar-refractivity contribution < 1.29 is 14.4 Å². The molecule has 0 heterocycles. The maximum atomic E-state index is 13.3. The summed E-state index contributed by atoms with van der Waals surface area (Å²) in [7, 11) is 0. The van der Waals surface area contributed by atoms with Gasteiger partial charge in [-0.25, -0.2) is 0 Å². The van der Waals surface area contributed by atoms with E-state index in [9.17, 15) is 14.4 Å². The Bertz CT molecular complexity index is 952. The van der Waals surface area contributed by atoms with Crippen molar-refractivity contribution in [2.75, 3.05) is 5.32 Å². The van der Waals surface area contributed by atoms with E-state index in [-0.39, 0.29) is 41.5 Å². The Morgan fingerprint density at radius 3 is 1.51 bits per heavy atom. The molecule has 2 aromatic carbocycles. The predicted octanol–water partition coefficient (Wildman–Crippen LogP) is 7.66. The Balaban J connectivity index is 0.00000760. The summed E-state index contributed by atoms with van der Waals surface area (Å²) in [6.07, 6.45) is 18.5. The number of unbranched alkanes of at least 4 members (excludes halogenated alkanes) is 14. The topological polar surface area (TPSA) is 89.3 Å². The molecule has 0 fully saturated rings. The number of hydrogen-bond donors (Lipinski definition) is 2. The summed E-state index contributed by atoms with van der Waals surface area (Å²) in [6.45, 7) is 2.26. The molecule has 1 unspecified atom stereocenters. The molecule has 209 valence electrons. The third kappa shape index (κ3) is 12.9. The minimum absolute atomic E-state index is 0. The summed E-state index contributed by atoms with van der Waals surface area (Å²) in [5.74, 6) is -1.99. The van der Waals surface area contributed by atoms with Crippen LogP contribution in [0.4, 0.5) is 5.69 Å². The van der Waals surface area contributed by atoms with E-state index in [0.717, 1.165) is 19.3 Å². The van der Waals surface area contributed by atoms with Crippen LogP contribution >= 0.6 is 0 Å². The van der Waals surface area contributed by atoms with Gasteiger partial charge in [0.25, 0.3) is 5.91 Å². The number of carbonyl (C=O) groups is 3. The van der Waals surface area contributed by atoms with Crippen LogP contribution in [0.1, 0.15) is 120 Å². The zero-order valence-corrected chi connectivity index (χ0v) is 26.4. The molecule has 0 bridgehead atoms. The maximum absolute atomic E-state index is 13.3. The third-order valence-electron chi connectivity index (χ3n) is 7.23. The van der Waals surface area contributed by atoms with Gasteiger partial charge >= 0.3 is 0 Å². The summed E-state index contributed by atoms with van der Waals surface area (Å²) in [6, 6.07) is 17.1. The van der Waals surface area contributed by atoms with Gasteiger partial charge in [0, 0.05) is 47.2 Å². The zero-order chi connectivity index (χ0) is 27.5. The first-order valence-electron chi connectivity index (χ1n) is 14.8. The molecule has 6 heteroatoms. The number of nitrogens with one attached hydrogen (secondary N) is 1. The summed E-state index contributed by atoms with van der Waals surface area (Å²) in [4.78, 5) is 39.7. The number of hydrogen-bond acceptors (Lipinski definition) is 4. The Morgan fingerprint density at radius 2 is 1.05 bits per heavy atom. The van der Waals surface area contributed by atoms with E-state index >= 15 is 0 Å². The van der Waals surface area contributed by atoms with Crippen LogP contribution in [0.25, 0.3) is 0 Å². The molecule has 1 radical (unpaired) electrons. The number of para-hydroxylation sites is 1. The number of amides is 1. The van der Waals surface area contributed by atoms with Crippen molar-refractivity contribution in [2.24, 2.45) is 5.73 Å². The smallest absolute Gasteiger partial charge is 0.260 e. The van der Waals surface area contributed by atoms with Crippen LogP contribution in [0, 0.1) is 0 Å². The minimum Gasteiger partial charge on any atom is -0.324 e. The van der Waals surface area contributed by atoms with Crippen molar-refractivity contribution in [3.8, 4) is 0 Å². The fourth-order valence-corrected chi connectivity index (χ4v) is 4.78. The second-order valence-electron chi connectivity index (χ2n) is 10.4. The van der Waals surface area contributed by atoms with E-state index in [0.29, 0.717) is 12.1 Å². The van der Waals surface area contributed by atoms with E-state index in [4.69, 9.17) is 5.73 Å². The van der Waals surface area contributed by atoms with Gasteiger partial charge in [0.15, 0.2) is 11.6 Å². The number of Topliss-reactive ketones (excluding diaryl/α,β-unsaturated/α-hetero) is 2. The Morgan fingerprint density at radius 1 is 0.641 bits per heavy atom. The maximum Gasteiger partial charge on any atom is 0.260 e. The molecule has 0 aromatic heterocycles. The van der Waals surface area contributed by atoms with Crippen molar-refractivity contribution in [3.05, 3.63) is 66.2 Å². The van der Waals surface area contributed by atoms with Gasteiger partial charge in [-0.15, -0.1) is 0 Å². The van der Waals surface area contributed by atoms with Crippen LogP contribution < -0.4 is 11.1 Å². The van der Waals surface area contributed by atoms with Gasteiger partial charge in [-0.3, -0.25) is 14.4 Å². The Labute approximate surface area is 258 Å². The fourth-order valence-electron chi connectivity index (χ4n) is 4.78. The average Bonchev–Trinajstić information content (AvgIpc) is 2.95. The largest absolute Gasteiger partial charge is 0.324 e. The first-order valence-corrected chi connectivity index (χ1v) is 14.8. The number of nitrogens with two attached hydrogens (primary N) is 1. The van der Waals surface area contributed by atoms with Gasteiger partial charge in [-0.2, -0.15) is 0 Å². The zero-order valence-electron chi connectivity index (χ0n) is 24.4. The molecule has 5 nitrogen and oxygen atoms in total. The molecule has 2 rings (SSSR count). The first kappa shape index (κ1) is 35.2. The van der Waals surface area contributed by atoms with Crippen LogP contribution in [0.2, 0.25) is 0 Å². The normalized spacial score (nSPS) is 12.3. The quantitative estimate of drug-likeness (QED) is 0.0732. The molecule has 1 atom stereocenters. The number of ketones is 2. The molecule has 0 aliphatic carbocycles. The van der Waals surface area contributed by atoms with Gasteiger partial charge in [0.2, 0.25) is 5.54 Å². The second kappa shape index (κ2) is 21.0. The summed E-state index contributed by atoms with van der Waals surface area (Å²) in [5.41, 5.74) is 4.85. The molecule has 0 spiro atoms. The molecule has 2 aromatic rings. The first-order chi connectivity index (χ1) is 18.5. The second-order valence-corrected chi connectivity index (χ2v) is 10.4. The van der Waals surface area contributed by atoms with Crippen LogP contribution in [-0.4, -0.2) is 52.6 Å². The molecule has 39 heavy (non-hydrogen) atoms. The summed E-state index contributed by atoms with van der Waals surface area (Å²) in [5, 5.41) is 2.66. The van der Waals surface area contributed by atoms with Crippen molar-refractivity contribution >= 4 is 52.7 Å². The molecule has 0 aliphatic rings. The van der Waals surface area contributed by atoms with Gasteiger partial charge in [-0.05, 0) is 18.6 Å². The number of carbonyl (C=O) groups excluding carboxylic acids is 3. The van der Waals surface area contributed by atoms with Crippen molar-refractivity contribution in [1.29, 1.82) is 0 Å². The van der Waals surface area contributed by atoms with Gasteiger partial charge in [-0.1, -0.05) is 145 Å². The van der Waals surface area contributed by atoms with E-state index in [1.807, 2.05) is 6.07 Å². The predicted molar refractivity (Wildman–Crippen MR) is 163 cm³/mol. The van der Waals surface area contributed by atoms with Crippen molar-refractivity contribution in [2.45, 2.75) is 115 Å².